The number of unbranched alkanes of at least 4 members (excludes halogenated alkanes) is 13. The second-order valence-electron chi connectivity index (χ2n) is 7.86. The largest absolute Gasteiger partial charge is 0.468 e. The van der Waals surface area contributed by atoms with Crippen LogP contribution in [0, 0.1) is 5.41 Å². The van der Waals surface area contributed by atoms with Crippen LogP contribution >= 0.6 is 0 Å². The average molecular weight is 411 g/mol. The lowest BCUT2D eigenvalue weighted by molar-refractivity contribution is -0.162. The molecular formula is C25H46O4. The summed E-state index contributed by atoms with van der Waals surface area (Å²) in [6.45, 7) is 10.9. The molecule has 0 aromatic rings. The van der Waals surface area contributed by atoms with Gasteiger partial charge in [-0.25, -0.2) is 0 Å². The van der Waals surface area contributed by atoms with Gasteiger partial charge in [0.1, 0.15) is 0 Å². The van der Waals surface area contributed by atoms with Crippen molar-refractivity contribution < 1.29 is 19.1 Å². The van der Waals surface area contributed by atoms with E-state index in [1.165, 1.54) is 91.6 Å². The zero-order valence-corrected chi connectivity index (χ0v) is 19.7. The van der Waals surface area contributed by atoms with Crippen LogP contribution in [0.3, 0.4) is 0 Å². The van der Waals surface area contributed by atoms with E-state index >= 15 is 0 Å². The highest BCUT2D eigenvalue weighted by molar-refractivity contribution is 6.21. The summed E-state index contributed by atoms with van der Waals surface area (Å²) in [5, 5.41) is 0. The first-order chi connectivity index (χ1) is 13.9. The van der Waals surface area contributed by atoms with Crippen molar-refractivity contribution in [2.75, 3.05) is 7.11 Å². The molecule has 0 aromatic heterocycles. The van der Waals surface area contributed by atoms with E-state index < -0.39 is 23.0 Å². The number of methoxy groups -OCH3 is 1. The van der Waals surface area contributed by atoms with Crippen molar-refractivity contribution in [1.82, 2.24) is 0 Å². The fourth-order valence-corrected chi connectivity index (χ4v) is 3.75. The van der Waals surface area contributed by atoms with E-state index in [1.54, 1.807) is 0 Å². The van der Waals surface area contributed by atoms with Crippen LogP contribution < -0.4 is 0 Å². The normalized spacial score (nSPS) is 10.8. The highest BCUT2D eigenvalue weighted by Crippen LogP contribution is 2.30. The number of carbonyl (C=O) groups excluding carboxylic acids is 3. The van der Waals surface area contributed by atoms with Gasteiger partial charge in [0.2, 0.25) is 0 Å². The van der Waals surface area contributed by atoms with E-state index in [-0.39, 0.29) is 6.42 Å². The van der Waals surface area contributed by atoms with Crippen LogP contribution in [0.5, 0.6) is 0 Å². The SMILES string of the molecule is C=C.CCCCCCCCCCCCCCCCC(C(C)=O)(C(C)=O)C(=O)OC. The van der Waals surface area contributed by atoms with Crippen molar-refractivity contribution in [3.05, 3.63) is 13.2 Å². The van der Waals surface area contributed by atoms with Crippen LogP contribution in [-0.2, 0) is 19.1 Å². The molecule has 0 N–H and O–H groups in total. The summed E-state index contributed by atoms with van der Waals surface area (Å²) >= 11 is 0. The lowest BCUT2D eigenvalue weighted by Gasteiger charge is -2.25. The zero-order valence-electron chi connectivity index (χ0n) is 19.7. The van der Waals surface area contributed by atoms with Gasteiger partial charge in [0, 0.05) is 0 Å². The third-order valence-electron chi connectivity index (χ3n) is 5.64. The quantitative estimate of drug-likeness (QED) is 0.106. The van der Waals surface area contributed by atoms with Crippen LogP contribution in [-0.4, -0.2) is 24.6 Å². The lowest BCUT2D eigenvalue weighted by Crippen LogP contribution is -2.45. The van der Waals surface area contributed by atoms with Crippen LogP contribution in [0.1, 0.15) is 117 Å². The maximum Gasteiger partial charge on any atom is 0.326 e. The molecule has 0 bridgehead atoms. The topological polar surface area (TPSA) is 60.4 Å². The Bertz CT molecular complexity index is 428. The van der Waals surface area contributed by atoms with Crippen LogP contribution in [0.15, 0.2) is 13.2 Å². The van der Waals surface area contributed by atoms with Gasteiger partial charge in [-0.05, 0) is 20.3 Å². The molecule has 170 valence electrons. The van der Waals surface area contributed by atoms with Gasteiger partial charge in [0.05, 0.1) is 7.11 Å². The first-order valence-corrected chi connectivity index (χ1v) is 11.5. The van der Waals surface area contributed by atoms with E-state index in [1.807, 2.05) is 0 Å². The monoisotopic (exact) mass is 410 g/mol. The number of hydrogen-bond acceptors (Lipinski definition) is 4. The Morgan fingerprint density at radius 3 is 1.24 bits per heavy atom. The van der Waals surface area contributed by atoms with Crippen molar-refractivity contribution in [3.8, 4) is 0 Å². The number of rotatable bonds is 18. The molecule has 0 aliphatic rings. The predicted molar refractivity (Wildman–Crippen MR) is 122 cm³/mol. The highest BCUT2D eigenvalue weighted by Gasteiger charge is 2.48. The highest BCUT2D eigenvalue weighted by atomic mass is 16.5. The molecule has 4 nitrogen and oxygen atoms in total. The number of esters is 1. The second kappa shape index (κ2) is 19.8. The summed E-state index contributed by atoms with van der Waals surface area (Å²) in [5.41, 5.74) is -1.59. The molecule has 0 atom stereocenters. The first kappa shape index (κ1) is 29.7. The Labute approximate surface area is 179 Å². The van der Waals surface area contributed by atoms with Gasteiger partial charge >= 0.3 is 5.97 Å². The van der Waals surface area contributed by atoms with Gasteiger partial charge in [-0.3, -0.25) is 14.4 Å². The third kappa shape index (κ3) is 12.7. The van der Waals surface area contributed by atoms with E-state index in [0.29, 0.717) is 6.42 Å². The summed E-state index contributed by atoms with van der Waals surface area (Å²) in [4.78, 5) is 35.9. The smallest absolute Gasteiger partial charge is 0.326 e. The summed E-state index contributed by atoms with van der Waals surface area (Å²) in [6.07, 6.45) is 17.6. The van der Waals surface area contributed by atoms with E-state index in [4.69, 9.17) is 4.74 Å². The van der Waals surface area contributed by atoms with Crippen molar-refractivity contribution >= 4 is 17.5 Å². The first-order valence-electron chi connectivity index (χ1n) is 11.5. The number of Topliss-reactive ketones (excluding diaryl/α,β-unsaturated/α-hetero) is 2. The molecule has 0 spiro atoms. The predicted octanol–water partition coefficient (Wildman–Crippen LogP) is 7.00. The van der Waals surface area contributed by atoms with Crippen molar-refractivity contribution in [1.29, 1.82) is 0 Å². The Kier molecular flexibility index (Phi) is 20.4. The fourth-order valence-electron chi connectivity index (χ4n) is 3.75. The Morgan fingerprint density at radius 1 is 0.655 bits per heavy atom. The number of carbonyl (C=O) groups is 3. The Hall–Kier alpha value is -1.45. The van der Waals surface area contributed by atoms with E-state index in [9.17, 15) is 14.4 Å². The van der Waals surface area contributed by atoms with Gasteiger partial charge in [-0.15, -0.1) is 13.2 Å². The minimum Gasteiger partial charge on any atom is -0.468 e. The summed E-state index contributed by atoms with van der Waals surface area (Å²) in [6, 6.07) is 0. The Morgan fingerprint density at radius 2 is 0.966 bits per heavy atom. The number of ether oxygens (including phenoxy) is 1. The lowest BCUT2D eigenvalue weighted by atomic mass is 9.76. The molecule has 0 aliphatic carbocycles. The molecule has 0 saturated carbocycles. The van der Waals surface area contributed by atoms with Crippen LogP contribution in [0.4, 0.5) is 0 Å². The van der Waals surface area contributed by atoms with Gasteiger partial charge in [0.15, 0.2) is 17.0 Å². The average Bonchev–Trinajstić information content (AvgIpc) is 2.71. The van der Waals surface area contributed by atoms with Gasteiger partial charge < -0.3 is 4.74 Å². The minimum atomic E-state index is -1.59. The number of hydrogen-bond donors (Lipinski definition) is 0. The number of ketones is 2. The van der Waals surface area contributed by atoms with Gasteiger partial charge in [0.25, 0.3) is 0 Å². The molecule has 0 heterocycles. The van der Waals surface area contributed by atoms with Gasteiger partial charge in [-0.2, -0.15) is 0 Å². The van der Waals surface area contributed by atoms with E-state index in [2.05, 4.69) is 20.1 Å². The second-order valence-corrected chi connectivity index (χ2v) is 7.86. The molecule has 0 radical (unpaired) electrons. The molecule has 0 saturated heterocycles. The van der Waals surface area contributed by atoms with Crippen molar-refractivity contribution in [3.63, 3.8) is 0 Å². The molecule has 0 rings (SSSR count). The summed E-state index contributed by atoms with van der Waals surface area (Å²) in [5.74, 6) is -1.52. The molecule has 0 aromatic carbocycles. The molecular weight excluding hydrogens is 364 g/mol. The minimum absolute atomic E-state index is 0.266. The summed E-state index contributed by atoms with van der Waals surface area (Å²) in [7, 11) is 1.23. The maximum absolute atomic E-state index is 12.0. The molecule has 0 aliphatic heterocycles. The molecule has 29 heavy (non-hydrogen) atoms. The maximum atomic E-state index is 12.0. The Balaban J connectivity index is 0. The molecule has 0 amide bonds. The van der Waals surface area contributed by atoms with Crippen molar-refractivity contribution in [2.24, 2.45) is 5.41 Å². The molecule has 4 heteroatoms. The standard InChI is InChI=1S/C23H42O4.C2H4/c1-5-6-7-8-9-10-11-12-13-14-15-16-17-18-19-23(20(2)24,21(3)25)22(26)27-4;1-2/h5-19H2,1-4H3;1-2H2. The summed E-state index contributed by atoms with van der Waals surface area (Å²) < 4.78 is 4.73. The van der Waals surface area contributed by atoms with Crippen LogP contribution in [0.25, 0.3) is 0 Å². The third-order valence-corrected chi connectivity index (χ3v) is 5.64. The van der Waals surface area contributed by atoms with Gasteiger partial charge in [-0.1, -0.05) is 96.8 Å². The van der Waals surface area contributed by atoms with Crippen molar-refractivity contribution in [2.45, 2.75) is 117 Å². The van der Waals surface area contributed by atoms with Crippen LogP contribution in [0.2, 0.25) is 0 Å². The zero-order chi connectivity index (χ0) is 22.5. The fraction of sp³-hybridized carbons (Fsp3) is 0.800. The molecule has 0 unspecified atom stereocenters. The van der Waals surface area contributed by atoms with E-state index in [0.717, 1.165) is 12.8 Å². The molecule has 0 fully saturated rings.